The summed E-state index contributed by atoms with van der Waals surface area (Å²) in [4.78, 5) is 2.23. The van der Waals surface area contributed by atoms with Crippen LogP contribution in [-0.4, -0.2) is 41.1 Å². The number of hydrogen-bond donors (Lipinski definition) is 0. The van der Waals surface area contributed by atoms with Crippen molar-refractivity contribution in [1.82, 2.24) is 14.8 Å². The van der Waals surface area contributed by atoms with Gasteiger partial charge in [-0.15, -0.1) is 10.2 Å². The average Bonchev–Trinajstić information content (AvgIpc) is 3.04. The highest BCUT2D eigenvalue weighted by molar-refractivity contribution is 7.98. The van der Waals surface area contributed by atoms with Crippen molar-refractivity contribution in [2.45, 2.75) is 24.4 Å². The van der Waals surface area contributed by atoms with Crippen LogP contribution in [0.15, 0.2) is 29.4 Å². The normalized spacial score (nSPS) is 14.7. The fraction of sp³-hybridized carbons (Fsp3) is 0.438. The summed E-state index contributed by atoms with van der Waals surface area (Å²) in [7, 11) is 0. The van der Waals surface area contributed by atoms with Crippen molar-refractivity contribution in [2.75, 3.05) is 31.2 Å². The van der Waals surface area contributed by atoms with Crippen LogP contribution in [0.2, 0.25) is 0 Å². The monoisotopic (exact) mass is 329 g/mol. The van der Waals surface area contributed by atoms with Gasteiger partial charge in [-0.25, -0.2) is 0 Å². The Labute approximate surface area is 140 Å². The van der Waals surface area contributed by atoms with Crippen molar-refractivity contribution < 1.29 is 4.74 Å². The van der Waals surface area contributed by atoms with E-state index in [0.29, 0.717) is 5.56 Å². The van der Waals surface area contributed by atoms with Crippen LogP contribution in [0.4, 0.5) is 5.95 Å². The fourth-order valence-electron chi connectivity index (χ4n) is 2.49. The topological polar surface area (TPSA) is 67.0 Å². The molecule has 2 aromatic rings. The predicted octanol–water partition coefficient (Wildman–Crippen LogP) is 2.30. The first kappa shape index (κ1) is 15.8. The van der Waals surface area contributed by atoms with Gasteiger partial charge < -0.3 is 9.64 Å². The van der Waals surface area contributed by atoms with Gasteiger partial charge in [-0.2, -0.15) is 5.26 Å². The van der Waals surface area contributed by atoms with E-state index in [-0.39, 0.29) is 0 Å². The number of thioether (sulfide) groups is 1. The lowest BCUT2D eigenvalue weighted by Crippen LogP contribution is -2.38. The number of aromatic nitrogens is 3. The van der Waals surface area contributed by atoms with Gasteiger partial charge in [0.2, 0.25) is 5.95 Å². The Hall–Kier alpha value is -2.04. The molecule has 3 rings (SSSR count). The number of hydrogen-bond acceptors (Lipinski definition) is 6. The third-order valence-corrected chi connectivity index (χ3v) is 4.80. The van der Waals surface area contributed by atoms with Gasteiger partial charge in [0.1, 0.15) is 0 Å². The van der Waals surface area contributed by atoms with Gasteiger partial charge in [-0.1, -0.05) is 23.9 Å². The second-order valence-corrected chi connectivity index (χ2v) is 6.17. The van der Waals surface area contributed by atoms with Crippen LogP contribution in [0.5, 0.6) is 0 Å². The summed E-state index contributed by atoms with van der Waals surface area (Å²) in [6.07, 6.45) is 0. The molecule has 0 saturated carbocycles. The quantitative estimate of drug-likeness (QED) is 0.784. The molecule has 1 aliphatic heterocycles. The van der Waals surface area contributed by atoms with E-state index in [9.17, 15) is 0 Å². The van der Waals surface area contributed by atoms with Gasteiger partial charge in [0.25, 0.3) is 0 Å². The van der Waals surface area contributed by atoms with E-state index < -0.39 is 0 Å². The largest absolute Gasteiger partial charge is 0.378 e. The molecule has 1 aromatic carbocycles. The molecule has 1 aliphatic rings. The van der Waals surface area contributed by atoms with E-state index >= 15 is 0 Å². The van der Waals surface area contributed by atoms with Crippen LogP contribution in [0, 0.1) is 11.3 Å². The number of benzene rings is 1. The summed E-state index contributed by atoms with van der Waals surface area (Å²) in [6.45, 7) is 6.15. The van der Waals surface area contributed by atoms with Gasteiger partial charge >= 0.3 is 0 Å². The van der Waals surface area contributed by atoms with E-state index in [1.807, 2.05) is 24.3 Å². The molecule has 0 amide bonds. The Kier molecular flexibility index (Phi) is 5.16. The average molecular weight is 329 g/mol. The Morgan fingerprint density at radius 2 is 1.96 bits per heavy atom. The molecule has 1 aromatic heterocycles. The summed E-state index contributed by atoms with van der Waals surface area (Å²) >= 11 is 1.67. The molecule has 0 atom stereocenters. The Balaban J connectivity index is 1.69. The highest BCUT2D eigenvalue weighted by atomic mass is 32.2. The van der Waals surface area contributed by atoms with Gasteiger partial charge in [-0.05, 0) is 24.6 Å². The lowest BCUT2D eigenvalue weighted by Gasteiger charge is -2.27. The fourth-order valence-corrected chi connectivity index (χ4v) is 3.44. The smallest absolute Gasteiger partial charge is 0.228 e. The minimum atomic E-state index is 0.685. The molecule has 1 fully saturated rings. The minimum Gasteiger partial charge on any atom is -0.378 e. The highest BCUT2D eigenvalue weighted by Gasteiger charge is 2.19. The summed E-state index contributed by atoms with van der Waals surface area (Å²) < 4.78 is 7.55. The summed E-state index contributed by atoms with van der Waals surface area (Å²) in [6, 6.07) is 9.80. The van der Waals surface area contributed by atoms with Crippen LogP contribution >= 0.6 is 11.8 Å². The molecule has 0 aliphatic carbocycles. The van der Waals surface area contributed by atoms with Crippen LogP contribution in [0.1, 0.15) is 18.1 Å². The molecule has 6 nitrogen and oxygen atoms in total. The molecule has 0 N–H and O–H groups in total. The maximum atomic E-state index is 8.84. The van der Waals surface area contributed by atoms with E-state index in [1.165, 1.54) is 5.56 Å². The lowest BCUT2D eigenvalue weighted by atomic mass is 10.2. The van der Waals surface area contributed by atoms with Gasteiger partial charge in [0.05, 0.1) is 24.8 Å². The number of nitrogens with zero attached hydrogens (tertiary/aromatic N) is 5. The Morgan fingerprint density at radius 3 is 2.61 bits per heavy atom. The first-order chi connectivity index (χ1) is 11.3. The first-order valence-electron chi connectivity index (χ1n) is 7.69. The second-order valence-electron chi connectivity index (χ2n) is 5.22. The third-order valence-electron chi connectivity index (χ3n) is 3.76. The molecule has 0 radical (unpaired) electrons. The molecular formula is C16H19N5OS. The van der Waals surface area contributed by atoms with Crippen LogP contribution in [0.3, 0.4) is 0 Å². The van der Waals surface area contributed by atoms with E-state index in [0.717, 1.165) is 49.7 Å². The molecule has 120 valence electrons. The molecule has 0 unspecified atom stereocenters. The van der Waals surface area contributed by atoms with Crippen molar-refractivity contribution in [2.24, 2.45) is 0 Å². The number of rotatable bonds is 5. The standard InChI is InChI=1S/C16H19N5OS/c1-2-21-15(20-7-9-22-10-8-20)18-19-16(21)23-12-14-5-3-13(11-17)4-6-14/h3-6H,2,7-10,12H2,1H3. The molecule has 23 heavy (non-hydrogen) atoms. The lowest BCUT2D eigenvalue weighted by molar-refractivity contribution is 0.121. The van der Waals surface area contributed by atoms with Crippen molar-refractivity contribution in [3.05, 3.63) is 35.4 Å². The van der Waals surface area contributed by atoms with Crippen molar-refractivity contribution in [1.29, 1.82) is 5.26 Å². The maximum absolute atomic E-state index is 8.84. The van der Waals surface area contributed by atoms with Gasteiger partial charge in [0.15, 0.2) is 5.16 Å². The van der Waals surface area contributed by atoms with Gasteiger partial charge in [-0.3, -0.25) is 4.57 Å². The summed E-state index contributed by atoms with van der Waals surface area (Å²) in [5.41, 5.74) is 1.86. The van der Waals surface area contributed by atoms with Crippen LogP contribution < -0.4 is 4.90 Å². The number of ether oxygens (including phenoxy) is 1. The molecule has 7 heteroatoms. The predicted molar refractivity (Wildman–Crippen MR) is 89.4 cm³/mol. The Morgan fingerprint density at radius 1 is 1.22 bits per heavy atom. The summed E-state index contributed by atoms with van der Waals surface area (Å²) in [5.74, 6) is 1.74. The van der Waals surface area contributed by atoms with E-state index in [4.69, 9.17) is 10.00 Å². The SMILES string of the molecule is CCn1c(SCc2ccc(C#N)cc2)nnc1N1CCOCC1. The minimum absolute atomic E-state index is 0.685. The number of nitriles is 1. The van der Waals surface area contributed by atoms with Crippen molar-refractivity contribution in [3.8, 4) is 6.07 Å². The molecular weight excluding hydrogens is 310 g/mol. The molecule has 0 bridgehead atoms. The second kappa shape index (κ2) is 7.49. The molecule has 1 saturated heterocycles. The zero-order chi connectivity index (χ0) is 16.1. The first-order valence-corrected chi connectivity index (χ1v) is 8.68. The highest BCUT2D eigenvalue weighted by Crippen LogP contribution is 2.25. The number of anilines is 1. The Bertz CT molecular complexity index is 685. The van der Waals surface area contributed by atoms with Crippen LogP contribution in [-0.2, 0) is 17.0 Å². The van der Waals surface area contributed by atoms with Crippen LogP contribution in [0.25, 0.3) is 0 Å². The van der Waals surface area contributed by atoms with Crippen molar-refractivity contribution in [3.63, 3.8) is 0 Å². The molecule has 0 spiro atoms. The molecule has 2 heterocycles. The zero-order valence-corrected chi connectivity index (χ0v) is 13.9. The zero-order valence-electron chi connectivity index (χ0n) is 13.1. The van der Waals surface area contributed by atoms with E-state index in [2.05, 4.69) is 32.7 Å². The van der Waals surface area contributed by atoms with Crippen molar-refractivity contribution >= 4 is 17.7 Å². The van der Waals surface area contributed by atoms with Gasteiger partial charge in [0, 0.05) is 25.4 Å². The van der Waals surface area contributed by atoms with E-state index in [1.54, 1.807) is 11.8 Å². The summed E-state index contributed by atoms with van der Waals surface area (Å²) in [5, 5.41) is 18.5. The number of morpholine rings is 1. The third kappa shape index (κ3) is 3.66. The maximum Gasteiger partial charge on any atom is 0.228 e.